The van der Waals surface area contributed by atoms with E-state index in [-0.39, 0.29) is 17.2 Å². The first kappa shape index (κ1) is 16.7. The maximum absolute atomic E-state index is 12.6. The Morgan fingerprint density at radius 1 is 1.19 bits per heavy atom. The van der Waals surface area contributed by atoms with Crippen molar-refractivity contribution < 1.29 is 13.2 Å². The second-order valence-electron chi connectivity index (χ2n) is 6.81. The van der Waals surface area contributed by atoms with E-state index in [9.17, 15) is 13.2 Å². The van der Waals surface area contributed by atoms with Crippen molar-refractivity contribution in [3.05, 3.63) is 0 Å². The molecule has 21 heavy (non-hydrogen) atoms. The van der Waals surface area contributed by atoms with Crippen LogP contribution in [0.4, 0.5) is 0 Å². The van der Waals surface area contributed by atoms with Crippen LogP contribution in [0.15, 0.2) is 0 Å². The van der Waals surface area contributed by atoms with Gasteiger partial charge in [0.15, 0.2) is 0 Å². The zero-order valence-electron chi connectivity index (χ0n) is 13.3. The molecule has 122 valence electrons. The number of rotatable bonds is 4. The van der Waals surface area contributed by atoms with Crippen molar-refractivity contribution in [2.45, 2.75) is 40.0 Å². The molecule has 7 heteroatoms. The zero-order chi connectivity index (χ0) is 15.7. The SMILES string of the molecule is CCNC(=O)C1CCN(S(=O)(=O)N2CCC(C)(C)CC2)C1. The molecule has 1 amide bonds. The Labute approximate surface area is 128 Å². The third-order valence-corrected chi connectivity index (χ3v) is 6.60. The Bertz CT molecular complexity index is 480. The summed E-state index contributed by atoms with van der Waals surface area (Å²) < 4.78 is 28.3. The Morgan fingerprint density at radius 3 is 2.38 bits per heavy atom. The van der Waals surface area contributed by atoms with Crippen molar-refractivity contribution in [2.75, 3.05) is 32.7 Å². The van der Waals surface area contributed by atoms with E-state index in [1.165, 1.54) is 4.31 Å². The number of nitrogens with zero attached hydrogens (tertiary/aromatic N) is 2. The lowest BCUT2D eigenvalue weighted by molar-refractivity contribution is -0.124. The standard InChI is InChI=1S/C14H27N3O3S/c1-4-15-13(18)12-5-8-17(11-12)21(19,20)16-9-6-14(2,3)7-10-16/h12H,4-11H2,1-3H3,(H,15,18). The average molecular weight is 317 g/mol. The highest BCUT2D eigenvalue weighted by atomic mass is 32.2. The molecule has 2 fully saturated rings. The topological polar surface area (TPSA) is 69.7 Å². The molecular formula is C14H27N3O3S. The van der Waals surface area contributed by atoms with Crippen LogP contribution in [0.2, 0.25) is 0 Å². The maximum atomic E-state index is 12.6. The average Bonchev–Trinajstić information content (AvgIpc) is 2.88. The quantitative estimate of drug-likeness (QED) is 0.834. The number of nitrogens with one attached hydrogen (secondary N) is 1. The lowest BCUT2D eigenvalue weighted by Crippen LogP contribution is -2.48. The van der Waals surface area contributed by atoms with Crippen LogP contribution >= 0.6 is 0 Å². The fourth-order valence-electron chi connectivity index (χ4n) is 2.96. The second-order valence-corrected chi connectivity index (χ2v) is 8.74. The molecule has 0 radical (unpaired) electrons. The normalized spacial score (nSPS) is 27.7. The molecule has 2 heterocycles. The molecule has 6 nitrogen and oxygen atoms in total. The summed E-state index contributed by atoms with van der Waals surface area (Å²) in [6, 6.07) is 0. The van der Waals surface area contributed by atoms with Gasteiger partial charge in [0, 0.05) is 32.7 Å². The third kappa shape index (κ3) is 3.76. The minimum absolute atomic E-state index is 0.0324. The van der Waals surface area contributed by atoms with Crippen molar-refractivity contribution >= 4 is 16.1 Å². The Hall–Kier alpha value is -0.660. The van der Waals surface area contributed by atoms with Gasteiger partial charge in [0.25, 0.3) is 10.2 Å². The van der Waals surface area contributed by atoms with Gasteiger partial charge in [0.05, 0.1) is 5.92 Å². The van der Waals surface area contributed by atoms with E-state index >= 15 is 0 Å². The summed E-state index contributed by atoms with van der Waals surface area (Å²) in [4.78, 5) is 11.8. The first-order valence-electron chi connectivity index (χ1n) is 7.79. The first-order valence-corrected chi connectivity index (χ1v) is 9.19. The fraction of sp³-hybridized carbons (Fsp3) is 0.929. The minimum atomic E-state index is -3.41. The number of hydrogen-bond donors (Lipinski definition) is 1. The molecular weight excluding hydrogens is 290 g/mol. The molecule has 2 rings (SSSR count). The molecule has 0 aromatic rings. The minimum Gasteiger partial charge on any atom is -0.356 e. The van der Waals surface area contributed by atoms with Crippen molar-refractivity contribution in [3.63, 3.8) is 0 Å². The van der Waals surface area contributed by atoms with E-state index in [0.29, 0.717) is 39.1 Å². The number of amides is 1. The van der Waals surface area contributed by atoms with E-state index in [1.54, 1.807) is 4.31 Å². The Balaban J connectivity index is 1.97. The molecule has 2 saturated heterocycles. The van der Waals surface area contributed by atoms with Crippen molar-refractivity contribution in [1.29, 1.82) is 0 Å². The zero-order valence-corrected chi connectivity index (χ0v) is 14.1. The van der Waals surface area contributed by atoms with Gasteiger partial charge in [-0.1, -0.05) is 13.8 Å². The summed E-state index contributed by atoms with van der Waals surface area (Å²) in [6.45, 7) is 8.74. The van der Waals surface area contributed by atoms with Gasteiger partial charge < -0.3 is 5.32 Å². The van der Waals surface area contributed by atoms with Crippen LogP contribution in [0.1, 0.15) is 40.0 Å². The number of carbonyl (C=O) groups excluding carboxylic acids is 1. The van der Waals surface area contributed by atoms with E-state index in [4.69, 9.17) is 0 Å². The summed E-state index contributed by atoms with van der Waals surface area (Å²) in [6.07, 6.45) is 2.39. The third-order valence-electron chi connectivity index (χ3n) is 4.60. The lowest BCUT2D eigenvalue weighted by atomic mass is 9.83. The molecule has 0 saturated carbocycles. The Morgan fingerprint density at radius 2 is 1.81 bits per heavy atom. The number of piperidine rings is 1. The molecule has 0 bridgehead atoms. The summed E-state index contributed by atoms with van der Waals surface area (Å²) in [7, 11) is -3.41. The van der Waals surface area contributed by atoms with Gasteiger partial charge in [-0.3, -0.25) is 4.79 Å². The van der Waals surface area contributed by atoms with Gasteiger partial charge in [-0.15, -0.1) is 0 Å². The highest BCUT2D eigenvalue weighted by Gasteiger charge is 2.40. The highest BCUT2D eigenvalue weighted by molar-refractivity contribution is 7.86. The maximum Gasteiger partial charge on any atom is 0.281 e. The predicted octanol–water partition coefficient (Wildman–Crippen LogP) is 0.811. The van der Waals surface area contributed by atoms with E-state index in [2.05, 4.69) is 19.2 Å². The van der Waals surface area contributed by atoms with Gasteiger partial charge in [0.1, 0.15) is 0 Å². The molecule has 1 atom stereocenters. The van der Waals surface area contributed by atoms with Gasteiger partial charge in [-0.25, -0.2) is 0 Å². The van der Waals surface area contributed by atoms with E-state index in [0.717, 1.165) is 12.8 Å². The fourth-order valence-corrected chi connectivity index (χ4v) is 4.63. The van der Waals surface area contributed by atoms with Crippen LogP contribution in [-0.4, -0.2) is 55.7 Å². The summed E-state index contributed by atoms with van der Waals surface area (Å²) in [5, 5.41) is 2.78. The van der Waals surface area contributed by atoms with Crippen LogP contribution in [-0.2, 0) is 15.0 Å². The smallest absolute Gasteiger partial charge is 0.281 e. The Kier molecular flexibility index (Phi) is 4.95. The van der Waals surface area contributed by atoms with Crippen molar-refractivity contribution in [1.82, 2.24) is 13.9 Å². The molecule has 0 spiro atoms. The van der Waals surface area contributed by atoms with E-state index < -0.39 is 10.2 Å². The number of hydrogen-bond acceptors (Lipinski definition) is 3. The first-order chi connectivity index (χ1) is 9.76. The van der Waals surface area contributed by atoms with Gasteiger partial charge in [0.2, 0.25) is 5.91 Å². The molecule has 1 unspecified atom stereocenters. The van der Waals surface area contributed by atoms with Gasteiger partial charge in [-0.2, -0.15) is 17.0 Å². The van der Waals surface area contributed by atoms with Crippen LogP contribution < -0.4 is 5.32 Å². The monoisotopic (exact) mass is 317 g/mol. The summed E-state index contributed by atoms with van der Waals surface area (Å²) in [5.74, 6) is -0.240. The van der Waals surface area contributed by atoms with Crippen LogP contribution in [0.25, 0.3) is 0 Å². The molecule has 1 N–H and O–H groups in total. The van der Waals surface area contributed by atoms with Crippen LogP contribution in [0, 0.1) is 11.3 Å². The van der Waals surface area contributed by atoms with Crippen molar-refractivity contribution in [3.8, 4) is 0 Å². The predicted molar refractivity (Wildman–Crippen MR) is 81.9 cm³/mol. The van der Waals surface area contributed by atoms with Crippen molar-refractivity contribution in [2.24, 2.45) is 11.3 Å². The van der Waals surface area contributed by atoms with Crippen LogP contribution in [0.5, 0.6) is 0 Å². The number of carbonyl (C=O) groups is 1. The largest absolute Gasteiger partial charge is 0.356 e. The molecule has 0 aromatic heterocycles. The van der Waals surface area contributed by atoms with Gasteiger partial charge in [-0.05, 0) is 31.6 Å². The molecule has 0 aliphatic carbocycles. The summed E-state index contributed by atoms with van der Waals surface area (Å²) >= 11 is 0. The van der Waals surface area contributed by atoms with E-state index in [1.807, 2.05) is 6.92 Å². The van der Waals surface area contributed by atoms with Gasteiger partial charge >= 0.3 is 0 Å². The molecule has 2 aliphatic rings. The van der Waals surface area contributed by atoms with Crippen LogP contribution in [0.3, 0.4) is 0 Å². The molecule has 2 aliphatic heterocycles. The summed E-state index contributed by atoms with van der Waals surface area (Å²) in [5.41, 5.74) is 0.223. The second kappa shape index (κ2) is 6.22. The lowest BCUT2D eigenvalue weighted by Gasteiger charge is -2.37. The molecule has 0 aromatic carbocycles. The highest BCUT2D eigenvalue weighted by Crippen LogP contribution is 2.32.